The van der Waals surface area contributed by atoms with Crippen LogP contribution in [0.25, 0.3) is 10.9 Å². The lowest BCUT2D eigenvalue weighted by molar-refractivity contribution is -0.144. The number of hydrogen-bond donors (Lipinski definition) is 8. The van der Waals surface area contributed by atoms with Crippen LogP contribution in [0.3, 0.4) is 0 Å². The van der Waals surface area contributed by atoms with Gasteiger partial charge in [-0.1, -0.05) is 47.4 Å². The molecule has 1 heterocycles. The quantitative estimate of drug-likeness (QED) is 0.0222. The van der Waals surface area contributed by atoms with Crippen molar-refractivity contribution >= 4 is 91.3 Å². The number of aromatic amines is 1. The standard InChI is InChI=1S/C43H54N8O12S2/c1-5-15-51(23-27-6-11-32-31(21-27)40(58)50-43(45)49-32)29-9-7-28(8-10-29)39(57)47-33(41(59)60)12-13-36(54)63-16-18-65-64-17-14-30(52)19-24(2)37(55)46-26(4)35(53)20-25(3)38(56)48-34(22-44)42(61)62/h1,6-11,21,24-26,33-34H,12-20,22-23,44H2,2-4H3,(H,46,55)(H,47,57)(H,48,56)(H,59,60)(H,61,62)(H3,45,49,50,58)/t24-,25-,26+,33?,34+/m1/s1. The Kier molecular flexibility index (Phi) is 21.5. The number of amides is 3. The zero-order chi connectivity index (χ0) is 48.2. The summed E-state index contributed by atoms with van der Waals surface area (Å²) in [5.41, 5.74) is 12.7. The first-order valence-electron chi connectivity index (χ1n) is 20.4. The van der Waals surface area contributed by atoms with Crippen LogP contribution >= 0.6 is 21.6 Å². The molecule has 3 aromatic rings. The SMILES string of the molecule is C#CCN(Cc1ccc2nc(N)[nH]c(=O)c2c1)c1ccc(C(=O)NC(CCC(=O)OCCSSCCC(=O)C[C@@H](C)C(=O)N[C@@H](C)C(=O)C[C@@H](C)C(=O)N[C@@H](CN)C(=O)O)C(=O)O)cc1. The number of carboxylic acid groups (broad SMARTS) is 2. The molecule has 0 aliphatic rings. The van der Waals surface area contributed by atoms with Crippen molar-refractivity contribution in [2.24, 2.45) is 17.6 Å². The van der Waals surface area contributed by atoms with Crippen molar-refractivity contribution in [2.75, 3.05) is 41.8 Å². The van der Waals surface area contributed by atoms with Crippen LogP contribution in [-0.4, -0.2) is 117 Å². The number of nitrogen functional groups attached to an aromatic ring is 1. The summed E-state index contributed by atoms with van der Waals surface area (Å²) < 4.78 is 5.20. The van der Waals surface area contributed by atoms with Gasteiger partial charge in [0, 0.05) is 73.4 Å². The summed E-state index contributed by atoms with van der Waals surface area (Å²) in [5.74, 6) is -3.93. The molecule has 3 amide bonds. The number of H-pyrrole nitrogens is 1. The largest absolute Gasteiger partial charge is 0.480 e. The van der Waals surface area contributed by atoms with Crippen molar-refractivity contribution in [2.45, 2.75) is 77.5 Å². The van der Waals surface area contributed by atoms with Crippen molar-refractivity contribution in [3.05, 3.63) is 63.9 Å². The first-order valence-corrected chi connectivity index (χ1v) is 22.9. The van der Waals surface area contributed by atoms with Crippen LogP contribution in [0, 0.1) is 24.2 Å². The van der Waals surface area contributed by atoms with E-state index in [-0.39, 0.29) is 74.7 Å². The average Bonchev–Trinajstić information content (AvgIpc) is 3.26. The lowest BCUT2D eigenvalue weighted by Gasteiger charge is -2.23. The number of carbonyl (C=O) groups excluding carboxylic acids is 6. The second-order valence-corrected chi connectivity index (χ2v) is 17.7. The minimum atomic E-state index is -1.37. The van der Waals surface area contributed by atoms with E-state index in [1.54, 1.807) is 37.3 Å². The lowest BCUT2D eigenvalue weighted by Crippen LogP contribution is -2.48. The monoisotopic (exact) mass is 938 g/mol. The highest BCUT2D eigenvalue weighted by Crippen LogP contribution is 2.23. The van der Waals surface area contributed by atoms with Gasteiger partial charge in [0.1, 0.15) is 24.5 Å². The number of aliphatic carboxylic acids is 2. The smallest absolute Gasteiger partial charge is 0.327 e. The van der Waals surface area contributed by atoms with E-state index in [0.29, 0.717) is 34.6 Å². The molecular formula is C43H54N8O12S2. The molecule has 22 heteroatoms. The van der Waals surface area contributed by atoms with Crippen LogP contribution in [0.5, 0.6) is 0 Å². The molecule has 0 aliphatic heterocycles. The molecule has 1 aromatic heterocycles. The Balaban J connectivity index is 1.33. The Morgan fingerprint density at radius 2 is 1.52 bits per heavy atom. The van der Waals surface area contributed by atoms with Crippen molar-refractivity contribution in [3.8, 4) is 12.3 Å². The van der Waals surface area contributed by atoms with E-state index in [2.05, 4.69) is 31.8 Å². The minimum Gasteiger partial charge on any atom is -0.480 e. The van der Waals surface area contributed by atoms with Crippen molar-refractivity contribution in [3.63, 3.8) is 0 Å². The molecule has 1 unspecified atom stereocenters. The van der Waals surface area contributed by atoms with Gasteiger partial charge in [0.15, 0.2) is 5.78 Å². The third kappa shape index (κ3) is 17.6. The lowest BCUT2D eigenvalue weighted by atomic mass is 9.98. The van der Waals surface area contributed by atoms with Crippen LogP contribution in [-0.2, 0) is 44.8 Å². The van der Waals surface area contributed by atoms with Crippen molar-refractivity contribution < 1.29 is 53.3 Å². The molecule has 65 heavy (non-hydrogen) atoms. The molecule has 0 radical (unpaired) electrons. The zero-order valence-electron chi connectivity index (χ0n) is 36.1. The number of ketones is 2. The number of rotatable bonds is 28. The van der Waals surface area contributed by atoms with Gasteiger partial charge >= 0.3 is 17.9 Å². The Bertz CT molecular complexity index is 2300. The third-order valence-corrected chi connectivity index (χ3v) is 12.2. The van der Waals surface area contributed by atoms with E-state index in [1.807, 2.05) is 4.90 Å². The Morgan fingerprint density at radius 3 is 2.17 bits per heavy atom. The highest BCUT2D eigenvalue weighted by atomic mass is 33.1. The number of fused-ring (bicyclic) bond motifs is 1. The summed E-state index contributed by atoms with van der Waals surface area (Å²) in [7, 11) is 2.72. The van der Waals surface area contributed by atoms with Crippen molar-refractivity contribution in [1.29, 1.82) is 0 Å². The number of Topliss-reactive ketones (excluding diaryl/α,β-unsaturated/α-hetero) is 2. The number of benzene rings is 2. The summed E-state index contributed by atoms with van der Waals surface area (Å²) in [6.07, 6.45) is 4.98. The topological polar surface area (TPSA) is 323 Å². The Morgan fingerprint density at radius 1 is 0.877 bits per heavy atom. The third-order valence-electron chi connectivity index (χ3n) is 9.78. The minimum absolute atomic E-state index is 0.00902. The first kappa shape index (κ1) is 52.9. The van der Waals surface area contributed by atoms with E-state index < -0.39 is 71.4 Å². The summed E-state index contributed by atoms with van der Waals surface area (Å²) in [6.45, 7) is 4.69. The summed E-state index contributed by atoms with van der Waals surface area (Å²) in [4.78, 5) is 119. The second kappa shape index (κ2) is 26.4. The van der Waals surface area contributed by atoms with E-state index in [9.17, 15) is 48.3 Å². The second-order valence-electron chi connectivity index (χ2n) is 15.0. The molecule has 3 rings (SSSR count). The highest BCUT2D eigenvalue weighted by Gasteiger charge is 2.27. The van der Waals surface area contributed by atoms with Gasteiger partial charge in [-0.25, -0.2) is 14.6 Å². The number of nitrogens with zero attached hydrogens (tertiary/aromatic N) is 2. The zero-order valence-corrected chi connectivity index (χ0v) is 37.8. The maximum atomic E-state index is 13.0. The molecule has 10 N–H and O–H groups in total. The molecule has 5 atom stereocenters. The number of terminal acetylenes is 1. The fraction of sp³-hybridized carbons (Fsp3) is 0.442. The maximum absolute atomic E-state index is 13.0. The van der Waals surface area contributed by atoms with E-state index in [0.717, 1.165) is 5.56 Å². The normalized spacial score (nSPS) is 13.2. The molecule has 0 fully saturated rings. The molecule has 20 nitrogen and oxygen atoms in total. The summed E-state index contributed by atoms with van der Waals surface area (Å²) in [6, 6.07) is 7.91. The maximum Gasteiger partial charge on any atom is 0.327 e. The number of aromatic nitrogens is 2. The molecule has 350 valence electrons. The first-order chi connectivity index (χ1) is 30.8. The fourth-order valence-corrected chi connectivity index (χ4v) is 7.93. The van der Waals surface area contributed by atoms with Crippen LogP contribution in [0.15, 0.2) is 47.3 Å². The van der Waals surface area contributed by atoms with Gasteiger partial charge < -0.3 is 47.3 Å². The number of carbonyl (C=O) groups is 8. The van der Waals surface area contributed by atoms with Crippen LogP contribution in [0.1, 0.15) is 68.8 Å². The molecule has 0 spiro atoms. The van der Waals surface area contributed by atoms with Gasteiger partial charge in [-0.3, -0.25) is 38.5 Å². The van der Waals surface area contributed by atoms with Gasteiger partial charge in [-0.15, -0.1) is 6.42 Å². The number of esters is 1. The number of hydrogen-bond acceptors (Lipinski definition) is 16. The molecule has 0 aliphatic carbocycles. The predicted octanol–water partition coefficient (Wildman–Crippen LogP) is 1.65. The number of nitrogens with one attached hydrogen (secondary N) is 4. The Hall–Kier alpha value is -6.44. The number of anilines is 2. The number of nitrogens with two attached hydrogens (primary N) is 2. The van der Waals surface area contributed by atoms with Gasteiger partial charge in [0.2, 0.25) is 17.8 Å². The van der Waals surface area contributed by atoms with Crippen LogP contribution in [0.2, 0.25) is 0 Å². The van der Waals surface area contributed by atoms with E-state index >= 15 is 0 Å². The molecule has 0 bridgehead atoms. The molecule has 0 saturated heterocycles. The van der Waals surface area contributed by atoms with Crippen LogP contribution in [0.4, 0.5) is 11.6 Å². The Labute approximate surface area is 382 Å². The molecule has 0 saturated carbocycles. The average molecular weight is 939 g/mol. The van der Waals surface area contributed by atoms with Crippen LogP contribution < -0.4 is 37.9 Å². The van der Waals surface area contributed by atoms with E-state index in [4.69, 9.17) is 27.7 Å². The number of carboxylic acids is 2. The summed E-state index contributed by atoms with van der Waals surface area (Å²) >= 11 is 0. The van der Waals surface area contributed by atoms with Gasteiger partial charge in [-0.2, -0.15) is 0 Å². The molecule has 2 aromatic carbocycles. The fourth-order valence-electron chi connectivity index (χ4n) is 6.07. The van der Waals surface area contributed by atoms with E-state index in [1.165, 1.54) is 47.6 Å². The predicted molar refractivity (Wildman–Crippen MR) is 246 cm³/mol. The highest BCUT2D eigenvalue weighted by molar-refractivity contribution is 8.76. The summed E-state index contributed by atoms with van der Waals surface area (Å²) in [5, 5.41) is 26.4. The number of ether oxygens (including phenoxy) is 1. The molecular weight excluding hydrogens is 885 g/mol. The van der Waals surface area contributed by atoms with Gasteiger partial charge in [-0.05, 0) is 55.3 Å². The van der Waals surface area contributed by atoms with Gasteiger partial charge in [0.05, 0.1) is 23.5 Å². The van der Waals surface area contributed by atoms with Gasteiger partial charge in [0.25, 0.3) is 11.5 Å². The van der Waals surface area contributed by atoms with Crippen molar-refractivity contribution in [1.82, 2.24) is 25.9 Å².